The van der Waals surface area contributed by atoms with Crippen molar-refractivity contribution >= 4 is 18.6 Å². The zero-order valence-corrected chi connectivity index (χ0v) is 8.58. The van der Waals surface area contributed by atoms with Crippen molar-refractivity contribution in [2.45, 2.75) is 12.5 Å². The fourth-order valence-electron chi connectivity index (χ4n) is 1.15. The Labute approximate surface area is 88.3 Å². The van der Waals surface area contributed by atoms with Crippen molar-refractivity contribution in [1.82, 2.24) is 0 Å². The van der Waals surface area contributed by atoms with E-state index in [0.29, 0.717) is 11.3 Å². The van der Waals surface area contributed by atoms with Crippen LogP contribution in [0.25, 0.3) is 0 Å². The van der Waals surface area contributed by atoms with Gasteiger partial charge in [-0.15, -0.1) is 0 Å². The van der Waals surface area contributed by atoms with Crippen LogP contribution in [-0.4, -0.2) is 22.9 Å². The summed E-state index contributed by atoms with van der Waals surface area (Å²) in [7, 11) is 0. The minimum atomic E-state index is -0.907. The van der Waals surface area contributed by atoms with Crippen molar-refractivity contribution in [1.29, 1.82) is 0 Å². The lowest BCUT2D eigenvalue weighted by Crippen LogP contribution is -2.24. The molecule has 3 nitrogen and oxygen atoms in total. The van der Waals surface area contributed by atoms with Crippen LogP contribution in [0.1, 0.15) is 15.9 Å². The Morgan fingerprint density at radius 2 is 2.00 bits per heavy atom. The van der Waals surface area contributed by atoms with Gasteiger partial charge in [-0.2, -0.15) is 12.6 Å². The highest BCUT2D eigenvalue weighted by Crippen LogP contribution is 2.06. The second kappa shape index (κ2) is 5.02. The van der Waals surface area contributed by atoms with E-state index in [4.69, 9.17) is 10.8 Å². The number of benzene rings is 1. The lowest BCUT2D eigenvalue weighted by Gasteiger charge is -2.07. The van der Waals surface area contributed by atoms with Crippen LogP contribution in [0.4, 0.5) is 0 Å². The number of nitrogens with two attached hydrogens (primary N) is 1. The second-order valence-corrected chi connectivity index (χ2v) is 3.51. The third-order valence-electron chi connectivity index (χ3n) is 1.93. The molecule has 0 radical (unpaired) electrons. The van der Waals surface area contributed by atoms with Crippen molar-refractivity contribution < 1.29 is 9.90 Å². The first-order chi connectivity index (χ1) is 6.63. The van der Waals surface area contributed by atoms with Crippen molar-refractivity contribution in [3.05, 3.63) is 35.4 Å². The van der Waals surface area contributed by atoms with Crippen LogP contribution < -0.4 is 5.73 Å². The van der Waals surface area contributed by atoms with Crippen LogP contribution >= 0.6 is 12.6 Å². The number of carbonyl (C=O) groups is 1. The van der Waals surface area contributed by atoms with E-state index in [1.165, 1.54) is 0 Å². The molecule has 0 heterocycles. The highest BCUT2D eigenvalue weighted by molar-refractivity contribution is 7.80. The van der Waals surface area contributed by atoms with E-state index in [2.05, 4.69) is 12.6 Å². The normalized spacial score (nSPS) is 12.4. The van der Waals surface area contributed by atoms with E-state index in [1.807, 2.05) is 0 Å². The molecule has 0 unspecified atom stereocenters. The van der Waals surface area contributed by atoms with Crippen LogP contribution in [0.15, 0.2) is 24.3 Å². The Hall–Kier alpha value is -1.00. The first-order valence-corrected chi connectivity index (χ1v) is 4.95. The molecular weight excluding hydrogens is 198 g/mol. The van der Waals surface area contributed by atoms with E-state index in [1.54, 1.807) is 24.3 Å². The maximum atomic E-state index is 10.6. The van der Waals surface area contributed by atoms with Crippen LogP contribution in [0.5, 0.6) is 0 Å². The molecule has 0 spiro atoms. The van der Waals surface area contributed by atoms with Crippen LogP contribution in [-0.2, 0) is 6.42 Å². The summed E-state index contributed by atoms with van der Waals surface area (Å²) < 4.78 is 0. The quantitative estimate of drug-likeness (QED) is 0.655. The topological polar surface area (TPSA) is 63.3 Å². The molecule has 0 amide bonds. The number of rotatable bonds is 4. The number of carboxylic acid groups (broad SMARTS) is 1. The second-order valence-electron chi connectivity index (χ2n) is 3.15. The number of aromatic carboxylic acids is 1. The third-order valence-corrected chi connectivity index (χ3v) is 2.40. The van der Waals surface area contributed by atoms with Crippen molar-refractivity contribution in [2.24, 2.45) is 5.73 Å². The third kappa shape index (κ3) is 3.05. The summed E-state index contributed by atoms with van der Waals surface area (Å²) in [5, 5.41) is 8.67. The van der Waals surface area contributed by atoms with Gasteiger partial charge in [0.1, 0.15) is 0 Å². The molecule has 0 bridgehead atoms. The van der Waals surface area contributed by atoms with Crippen LogP contribution in [0, 0.1) is 0 Å². The first-order valence-electron chi connectivity index (χ1n) is 4.32. The molecule has 0 aliphatic heterocycles. The van der Waals surface area contributed by atoms with Gasteiger partial charge in [-0.05, 0) is 24.1 Å². The van der Waals surface area contributed by atoms with Gasteiger partial charge in [0.05, 0.1) is 5.56 Å². The largest absolute Gasteiger partial charge is 0.478 e. The lowest BCUT2D eigenvalue weighted by molar-refractivity contribution is 0.0697. The van der Waals surface area contributed by atoms with E-state index >= 15 is 0 Å². The Bertz CT molecular complexity index is 310. The SMILES string of the molecule is N[C@@H](CS)Cc1ccc(C(=O)O)cc1. The Morgan fingerprint density at radius 1 is 1.43 bits per heavy atom. The summed E-state index contributed by atoms with van der Waals surface area (Å²) in [6.45, 7) is 0. The number of hydrogen-bond acceptors (Lipinski definition) is 3. The molecule has 0 aliphatic rings. The highest BCUT2D eigenvalue weighted by atomic mass is 32.1. The maximum Gasteiger partial charge on any atom is 0.335 e. The molecule has 1 aromatic carbocycles. The predicted octanol–water partition coefficient (Wildman–Crippen LogP) is 1.18. The van der Waals surface area contributed by atoms with E-state index in [-0.39, 0.29) is 6.04 Å². The van der Waals surface area contributed by atoms with E-state index < -0.39 is 5.97 Å². The maximum absolute atomic E-state index is 10.6. The summed E-state index contributed by atoms with van der Waals surface area (Å²) in [5.74, 6) is -0.282. The molecule has 14 heavy (non-hydrogen) atoms. The van der Waals surface area contributed by atoms with Crippen molar-refractivity contribution in [3.8, 4) is 0 Å². The smallest absolute Gasteiger partial charge is 0.335 e. The van der Waals surface area contributed by atoms with Gasteiger partial charge in [0.15, 0.2) is 0 Å². The van der Waals surface area contributed by atoms with E-state index in [9.17, 15) is 4.79 Å². The van der Waals surface area contributed by atoms with Crippen molar-refractivity contribution in [2.75, 3.05) is 5.75 Å². The van der Waals surface area contributed by atoms with Gasteiger partial charge in [0.2, 0.25) is 0 Å². The van der Waals surface area contributed by atoms with E-state index in [0.717, 1.165) is 12.0 Å². The molecule has 0 fully saturated rings. The molecule has 0 aliphatic carbocycles. The minimum Gasteiger partial charge on any atom is -0.478 e. The summed E-state index contributed by atoms with van der Waals surface area (Å²) in [6.07, 6.45) is 0.726. The van der Waals surface area contributed by atoms with Gasteiger partial charge in [-0.3, -0.25) is 0 Å². The lowest BCUT2D eigenvalue weighted by atomic mass is 10.1. The highest BCUT2D eigenvalue weighted by Gasteiger charge is 2.04. The molecule has 0 saturated heterocycles. The predicted molar refractivity (Wildman–Crippen MR) is 58.9 cm³/mol. The minimum absolute atomic E-state index is 0.0222. The Balaban J connectivity index is 2.68. The average molecular weight is 211 g/mol. The Morgan fingerprint density at radius 3 is 2.43 bits per heavy atom. The number of hydrogen-bond donors (Lipinski definition) is 3. The van der Waals surface area contributed by atoms with Gasteiger partial charge in [-0.25, -0.2) is 4.79 Å². The zero-order valence-electron chi connectivity index (χ0n) is 7.68. The fourth-order valence-corrected chi connectivity index (χ4v) is 1.28. The number of carboxylic acids is 1. The molecule has 0 aromatic heterocycles. The Kier molecular flexibility index (Phi) is 3.98. The van der Waals surface area contributed by atoms with Crippen molar-refractivity contribution in [3.63, 3.8) is 0 Å². The standard InChI is InChI=1S/C10H13NO2S/c11-9(6-14)5-7-1-3-8(4-2-7)10(12)13/h1-4,9,14H,5-6,11H2,(H,12,13)/t9-/m1/s1. The first kappa shape index (κ1) is 11.1. The van der Waals surface area contributed by atoms with Gasteiger partial charge >= 0.3 is 5.97 Å². The summed E-state index contributed by atoms with van der Waals surface area (Å²) in [4.78, 5) is 10.6. The molecule has 4 heteroatoms. The summed E-state index contributed by atoms with van der Waals surface area (Å²) in [5.41, 5.74) is 7.05. The molecule has 0 saturated carbocycles. The molecule has 1 rings (SSSR count). The fraction of sp³-hybridized carbons (Fsp3) is 0.300. The van der Waals surface area contributed by atoms with Crippen LogP contribution in [0.2, 0.25) is 0 Å². The molecule has 1 atom stereocenters. The van der Waals surface area contributed by atoms with Gasteiger partial charge in [0, 0.05) is 11.8 Å². The van der Waals surface area contributed by atoms with Gasteiger partial charge in [0.25, 0.3) is 0 Å². The zero-order chi connectivity index (χ0) is 10.6. The molecule has 3 N–H and O–H groups in total. The monoisotopic (exact) mass is 211 g/mol. The molecule has 76 valence electrons. The molecule has 1 aromatic rings. The summed E-state index contributed by atoms with van der Waals surface area (Å²) >= 11 is 4.08. The summed E-state index contributed by atoms with van der Waals surface area (Å²) in [6, 6.07) is 6.76. The van der Waals surface area contributed by atoms with Crippen LogP contribution in [0.3, 0.4) is 0 Å². The average Bonchev–Trinajstić information content (AvgIpc) is 2.18. The molecular formula is C10H13NO2S. The van der Waals surface area contributed by atoms with Gasteiger partial charge < -0.3 is 10.8 Å². The number of thiol groups is 1. The van der Waals surface area contributed by atoms with Gasteiger partial charge in [-0.1, -0.05) is 12.1 Å².